The largest absolute Gasteiger partial charge is 0.493 e. The average Bonchev–Trinajstić information content (AvgIpc) is 2.73. The van der Waals surface area contributed by atoms with Crippen LogP contribution in [0.25, 0.3) is 6.08 Å². The number of nitrogens with zero attached hydrogens (tertiary/aromatic N) is 1. The van der Waals surface area contributed by atoms with Crippen molar-refractivity contribution in [3.8, 4) is 11.5 Å². The molecule has 1 aliphatic rings. The monoisotopic (exact) mass is 400 g/mol. The first-order chi connectivity index (χ1) is 13.7. The zero-order valence-corrected chi connectivity index (χ0v) is 17.6. The quantitative estimate of drug-likeness (QED) is 0.697. The average molecular weight is 401 g/mol. The van der Waals surface area contributed by atoms with Gasteiger partial charge in [-0.05, 0) is 42.7 Å². The summed E-state index contributed by atoms with van der Waals surface area (Å²) in [6, 6.07) is 14.3. The van der Waals surface area contributed by atoms with Crippen molar-refractivity contribution in [1.82, 2.24) is 10.2 Å². The maximum absolute atomic E-state index is 6.42. The Balaban J connectivity index is 1.75. The van der Waals surface area contributed by atoms with Gasteiger partial charge in [-0.3, -0.25) is 4.90 Å². The Kier molecular flexibility index (Phi) is 7.37. The van der Waals surface area contributed by atoms with Crippen LogP contribution in [-0.4, -0.2) is 37.9 Å². The Morgan fingerprint density at radius 2 is 2.07 bits per heavy atom. The molecule has 3 rings (SSSR count). The number of halogens is 1. The Labute approximate surface area is 173 Å². The van der Waals surface area contributed by atoms with Crippen molar-refractivity contribution in [2.24, 2.45) is 0 Å². The van der Waals surface area contributed by atoms with Gasteiger partial charge in [0.15, 0.2) is 17.7 Å². The van der Waals surface area contributed by atoms with Gasteiger partial charge in [0.1, 0.15) is 0 Å². The molecule has 2 unspecified atom stereocenters. The molecule has 0 aliphatic carbocycles. The van der Waals surface area contributed by atoms with Crippen molar-refractivity contribution in [3.63, 3.8) is 0 Å². The summed E-state index contributed by atoms with van der Waals surface area (Å²) in [5, 5.41) is 4.38. The van der Waals surface area contributed by atoms with E-state index in [0.717, 1.165) is 53.7 Å². The van der Waals surface area contributed by atoms with Crippen molar-refractivity contribution in [1.29, 1.82) is 0 Å². The smallest absolute Gasteiger partial charge is 0.163 e. The van der Waals surface area contributed by atoms with Crippen molar-refractivity contribution >= 4 is 17.7 Å². The van der Waals surface area contributed by atoms with Gasteiger partial charge in [0, 0.05) is 30.7 Å². The molecule has 28 heavy (non-hydrogen) atoms. The fourth-order valence-corrected chi connectivity index (χ4v) is 3.91. The molecule has 1 N–H and O–H groups in total. The molecule has 0 bridgehead atoms. The second-order valence-corrected chi connectivity index (χ2v) is 7.32. The minimum absolute atomic E-state index is 0.0199. The highest BCUT2D eigenvalue weighted by Crippen LogP contribution is 2.32. The van der Waals surface area contributed by atoms with Gasteiger partial charge in [0.2, 0.25) is 0 Å². The van der Waals surface area contributed by atoms with Crippen LogP contribution >= 0.6 is 11.6 Å². The van der Waals surface area contributed by atoms with Crippen molar-refractivity contribution < 1.29 is 9.47 Å². The van der Waals surface area contributed by atoms with E-state index in [0.29, 0.717) is 0 Å². The van der Waals surface area contributed by atoms with Crippen molar-refractivity contribution in [2.75, 3.05) is 26.7 Å². The van der Waals surface area contributed by atoms with E-state index in [-0.39, 0.29) is 12.3 Å². The molecule has 0 aromatic heterocycles. The molecular formula is C23H29ClN2O2. The summed E-state index contributed by atoms with van der Waals surface area (Å²) in [6.07, 6.45) is 4.93. The van der Waals surface area contributed by atoms with Crippen LogP contribution in [-0.2, 0) is 0 Å². The molecule has 2 atom stereocenters. The molecule has 0 saturated carbocycles. The molecule has 0 amide bonds. The molecule has 0 radical (unpaired) electrons. The summed E-state index contributed by atoms with van der Waals surface area (Å²) < 4.78 is 12.0. The number of methoxy groups -OCH3 is 1. The summed E-state index contributed by atoms with van der Waals surface area (Å²) in [5.41, 5.74) is 2.23. The molecule has 1 fully saturated rings. The van der Waals surface area contributed by atoms with Crippen LogP contribution in [0.1, 0.15) is 37.4 Å². The number of nitrogens with one attached hydrogen (secondary N) is 1. The normalized spacial score (nSPS) is 18.9. The second kappa shape index (κ2) is 9.97. The van der Waals surface area contributed by atoms with E-state index in [4.69, 9.17) is 21.1 Å². The Morgan fingerprint density at radius 3 is 2.79 bits per heavy atom. The summed E-state index contributed by atoms with van der Waals surface area (Å²) >= 11 is 6.42. The Hall–Kier alpha value is -2.01. The van der Waals surface area contributed by atoms with Gasteiger partial charge < -0.3 is 14.8 Å². The third kappa shape index (κ3) is 4.88. The predicted octanol–water partition coefficient (Wildman–Crippen LogP) is 5.14. The number of hydrogen-bond acceptors (Lipinski definition) is 4. The van der Waals surface area contributed by atoms with Gasteiger partial charge in [-0.25, -0.2) is 0 Å². The molecule has 4 nitrogen and oxygen atoms in total. The molecule has 1 saturated heterocycles. The van der Waals surface area contributed by atoms with Gasteiger partial charge in [0.25, 0.3) is 0 Å². The molecule has 2 aromatic carbocycles. The first-order valence-electron chi connectivity index (χ1n) is 9.85. The maximum Gasteiger partial charge on any atom is 0.163 e. The molecular weight excluding hydrogens is 372 g/mol. The fraction of sp³-hybridized carbons (Fsp3) is 0.391. The van der Waals surface area contributed by atoms with Crippen molar-refractivity contribution in [3.05, 3.63) is 64.7 Å². The summed E-state index contributed by atoms with van der Waals surface area (Å²) in [6.45, 7) is 6.83. The van der Waals surface area contributed by atoms with E-state index in [1.54, 1.807) is 7.11 Å². The van der Waals surface area contributed by atoms with Crippen LogP contribution in [0, 0.1) is 0 Å². The maximum atomic E-state index is 6.42. The van der Waals surface area contributed by atoms with Crippen LogP contribution in [0.15, 0.2) is 48.5 Å². The lowest BCUT2D eigenvalue weighted by Gasteiger charge is -2.38. The molecule has 1 heterocycles. The lowest BCUT2D eigenvalue weighted by molar-refractivity contribution is 0.00182. The molecule has 0 spiro atoms. The first-order valence-corrected chi connectivity index (χ1v) is 10.2. The standard InChI is InChI=1S/C23H29ClN2O2/c1-4-8-17-11-12-21(22(15-17)27-3)28-23(5-2)26-14-13-25-20(16-26)18-9-6-7-10-19(18)24/h4,6-12,15,20,23,25H,5,13-14,16H2,1-3H3/b8-4-. The van der Waals surface area contributed by atoms with E-state index in [9.17, 15) is 0 Å². The first kappa shape index (κ1) is 20.7. The zero-order chi connectivity index (χ0) is 19.9. The van der Waals surface area contributed by atoms with Crippen LogP contribution in [0.3, 0.4) is 0 Å². The molecule has 5 heteroatoms. The number of piperazine rings is 1. The van der Waals surface area contributed by atoms with Gasteiger partial charge in [-0.15, -0.1) is 0 Å². The Bertz CT molecular complexity index is 809. The van der Waals surface area contributed by atoms with Gasteiger partial charge in [0.05, 0.1) is 7.11 Å². The number of hydrogen-bond donors (Lipinski definition) is 1. The summed E-state index contributed by atoms with van der Waals surface area (Å²) in [7, 11) is 1.68. The predicted molar refractivity (Wildman–Crippen MR) is 116 cm³/mol. The number of allylic oxidation sites excluding steroid dienone is 1. The number of rotatable bonds is 7. The van der Waals surface area contributed by atoms with E-state index < -0.39 is 0 Å². The third-order valence-electron chi connectivity index (χ3n) is 5.05. The second-order valence-electron chi connectivity index (χ2n) is 6.91. The van der Waals surface area contributed by atoms with Crippen LogP contribution in [0.5, 0.6) is 11.5 Å². The SMILES string of the molecule is C/C=C\c1ccc(OC(CC)N2CCNC(c3ccccc3Cl)C2)c(OC)c1. The highest BCUT2D eigenvalue weighted by atomic mass is 35.5. The number of benzene rings is 2. The fourth-order valence-electron chi connectivity index (χ4n) is 3.64. The lowest BCUT2D eigenvalue weighted by Crippen LogP contribution is -2.51. The van der Waals surface area contributed by atoms with Gasteiger partial charge >= 0.3 is 0 Å². The topological polar surface area (TPSA) is 33.7 Å². The van der Waals surface area contributed by atoms with Crippen LogP contribution in [0.4, 0.5) is 0 Å². The third-order valence-corrected chi connectivity index (χ3v) is 5.40. The Morgan fingerprint density at radius 1 is 1.25 bits per heavy atom. The minimum atomic E-state index is -0.0199. The molecule has 150 valence electrons. The van der Waals surface area contributed by atoms with E-state index in [1.807, 2.05) is 49.4 Å². The number of ether oxygens (including phenoxy) is 2. The van der Waals surface area contributed by atoms with Crippen LogP contribution in [0.2, 0.25) is 5.02 Å². The highest BCUT2D eigenvalue weighted by molar-refractivity contribution is 6.31. The van der Waals surface area contributed by atoms with Gasteiger partial charge in [-0.2, -0.15) is 0 Å². The lowest BCUT2D eigenvalue weighted by atomic mass is 10.0. The molecule has 2 aromatic rings. The summed E-state index contributed by atoms with van der Waals surface area (Å²) in [4.78, 5) is 2.38. The van der Waals surface area contributed by atoms with Crippen LogP contribution < -0.4 is 14.8 Å². The van der Waals surface area contributed by atoms with Gasteiger partial charge in [-0.1, -0.05) is 54.9 Å². The highest BCUT2D eigenvalue weighted by Gasteiger charge is 2.28. The van der Waals surface area contributed by atoms with E-state index in [1.165, 1.54) is 0 Å². The molecule has 1 aliphatic heterocycles. The van der Waals surface area contributed by atoms with E-state index in [2.05, 4.69) is 29.3 Å². The minimum Gasteiger partial charge on any atom is -0.493 e. The van der Waals surface area contributed by atoms with E-state index >= 15 is 0 Å². The van der Waals surface area contributed by atoms with Crippen molar-refractivity contribution in [2.45, 2.75) is 32.5 Å². The summed E-state index contributed by atoms with van der Waals surface area (Å²) in [5.74, 6) is 1.53. The zero-order valence-electron chi connectivity index (χ0n) is 16.8.